The highest BCUT2D eigenvalue weighted by molar-refractivity contribution is 14.1. The summed E-state index contributed by atoms with van der Waals surface area (Å²) in [6, 6.07) is 9.05. The molecule has 0 fully saturated rings. The Balaban J connectivity index is 2.08. The van der Waals surface area contributed by atoms with E-state index in [-0.39, 0.29) is 23.0 Å². The van der Waals surface area contributed by atoms with E-state index in [0.717, 1.165) is 3.57 Å². The minimum absolute atomic E-state index is 0.110. The Bertz CT molecular complexity index is 721. The first-order chi connectivity index (χ1) is 9.38. The van der Waals surface area contributed by atoms with Gasteiger partial charge in [-0.25, -0.2) is 17.9 Å². The molecule has 1 heterocycles. The average molecular weight is 407 g/mol. The van der Waals surface area contributed by atoms with Crippen LogP contribution in [0.3, 0.4) is 0 Å². The van der Waals surface area contributed by atoms with Gasteiger partial charge < -0.3 is 9.52 Å². The van der Waals surface area contributed by atoms with Crippen LogP contribution in [0.5, 0.6) is 0 Å². The molecule has 0 aliphatic rings. The van der Waals surface area contributed by atoms with Gasteiger partial charge in [-0.15, -0.1) is 0 Å². The van der Waals surface area contributed by atoms with Crippen molar-refractivity contribution in [1.82, 2.24) is 4.72 Å². The Morgan fingerprint density at radius 2 is 1.85 bits per heavy atom. The third kappa shape index (κ3) is 3.58. The van der Waals surface area contributed by atoms with Gasteiger partial charge in [0.2, 0.25) is 15.8 Å². The number of carboxylic acids is 1. The van der Waals surface area contributed by atoms with Crippen LogP contribution in [0.2, 0.25) is 0 Å². The van der Waals surface area contributed by atoms with Gasteiger partial charge in [-0.1, -0.05) is 0 Å². The van der Waals surface area contributed by atoms with Crippen LogP contribution in [0.25, 0.3) is 0 Å². The zero-order chi connectivity index (χ0) is 14.8. The Hall–Kier alpha value is -1.39. The summed E-state index contributed by atoms with van der Waals surface area (Å²) >= 11 is 2.08. The quantitative estimate of drug-likeness (QED) is 0.740. The highest BCUT2D eigenvalue weighted by atomic mass is 127. The lowest BCUT2D eigenvalue weighted by Crippen LogP contribution is -2.23. The van der Waals surface area contributed by atoms with Crippen molar-refractivity contribution in [3.8, 4) is 0 Å². The molecule has 0 atom stereocenters. The van der Waals surface area contributed by atoms with Crippen molar-refractivity contribution in [3.63, 3.8) is 0 Å². The lowest BCUT2D eigenvalue weighted by atomic mass is 10.4. The monoisotopic (exact) mass is 407 g/mol. The predicted octanol–water partition coefficient (Wildman–Crippen LogP) is 2.06. The van der Waals surface area contributed by atoms with E-state index >= 15 is 0 Å². The van der Waals surface area contributed by atoms with E-state index in [9.17, 15) is 13.2 Å². The zero-order valence-electron chi connectivity index (χ0n) is 10.0. The molecule has 2 N–H and O–H groups in total. The highest BCUT2D eigenvalue weighted by Crippen LogP contribution is 2.13. The Kier molecular flexibility index (Phi) is 4.45. The fraction of sp³-hybridized carbons (Fsp3) is 0.0833. The number of carbonyl (C=O) groups is 1. The number of furan rings is 1. The molecule has 20 heavy (non-hydrogen) atoms. The number of nitrogens with one attached hydrogen (secondary N) is 1. The molecule has 0 saturated heterocycles. The molecular formula is C12H10INO5S. The highest BCUT2D eigenvalue weighted by Gasteiger charge is 2.15. The maximum atomic E-state index is 12.0. The van der Waals surface area contributed by atoms with Gasteiger partial charge in [0.05, 0.1) is 11.4 Å². The third-order valence-corrected chi connectivity index (χ3v) is 4.57. The Morgan fingerprint density at radius 3 is 2.40 bits per heavy atom. The minimum atomic E-state index is -3.65. The molecule has 0 unspecified atom stereocenters. The summed E-state index contributed by atoms with van der Waals surface area (Å²) < 4.78 is 32.2. The molecule has 0 spiro atoms. The van der Waals surface area contributed by atoms with Gasteiger partial charge in [0.15, 0.2) is 0 Å². The van der Waals surface area contributed by atoms with Gasteiger partial charge in [0.25, 0.3) is 0 Å². The van der Waals surface area contributed by atoms with E-state index in [1.807, 2.05) is 0 Å². The number of aromatic carboxylic acids is 1. The maximum Gasteiger partial charge on any atom is 0.371 e. The van der Waals surface area contributed by atoms with Crippen molar-refractivity contribution in [2.45, 2.75) is 11.4 Å². The molecule has 2 rings (SSSR count). The first-order valence-corrected chi connectivity index (χ1v) is 8.02. The molecule has 1 aromatic heterocycles. The first kappa shape index (κ1) is 15.0. The minimum Gasteiger partial charge on any atom is -0.475 e. The largest absolute Gasteiger partial charge is 0.475 e. The molecule has 0 aliphatic carbocycles. The van der Waals surface area contributed by atoms with E-state index in [4.69, 9.17) is 9.52 Å². The van der Waals surface area contributed by atoms with Gasteiger partial charge in [0.1, 0.15) is 5.76 Å². The van der Waals surface area contributed by atoms with E-state index in [0.29, 0.717) is 0 Å². The molecular weight excluding hydrogens is 397 g/mol. The topological polar surface area (TPSA) is 96.6 Å². The molecule has 2 aromatic rings. The molecule has 8 heteroatoms. The Morgan fingerprint density at radius 1 is 1.20 bits per heavy atom. The van der Waals surface area contributed by atoms with Crippen LogP contribution in [0.4, 0.5) is 0 Å². The molecule has 0 aliphatic heterocycles. The van der Waals surface area contributed by atoms with Crippen molar-refractivity contribution in [3.05, 3.63) is 51.5 Å². The summed E-state index contributed by atoms with van der Waals surface area (Å²) in [4.78, 5) is 10.8. The van der Waals surface area contributed by atoms with Gasteiger partial charge >= 0.3 is 5.97 Å². The van der Waals surface area contributed by atoms with Crippen LogP contribution in [-0.4, -0.2) is 19.5 Å². The van der Waals surface area contributed by atoms with Crippen molar-refractivity contribution >= 4 is 38.6 Å². The number of benzene rings is 1. The van der Waals surface area contributed by atoms with Gasteiger partial charge in [-0.3, -0.25) is 0 Å². The number of halogens is 1. The van der Waals surface area contributed by atoms with E-state index in [2.05, 4.69) is 27.3 Å². The molecule has 0 saturated carbocycles. The molecule has 1 aromatic carbocycles. The maximum absolute atomic E-state index is 12.0. The summed E-state index contributed by atoms with van der Waals surface area (Å²) in [6.07, 6.45) is 0. The van der Waals surface area contributed by atoms with E-state index in [1.54, 1.807) is 12.1 Å². The molecule has 0 radical (unpaired) electrons. The lowest BCUT2D eigenvalue weighted by Gasteiger charge is -2.05. The van der Waals surface area contributed by atoms with Gasteiger partial charge in [-0.05, 0) is 59.0 Å². The van der Waals surface area contributed by atoms with Crippen LogP contribution in [0.1, 0.15) is 16.3 Å². The average Bonchev–Trinajstić information content (AvgIpc) is 2.86. The molecule has 6 nitrogen and oxygen atoms in total. The SMILES string of the molecule is O=C(O)c1ccc(CNS(=O)(=O)c2ccc(I)cc2)o1. The molecule has 0 amide bonds. The number of rotatable bonds is 5. The van der Waals surface area contributed by atoms with Crippen LogP contribution < -0.4 is 4.72 Å². The van der Waals surface area contributed by atoms with Crippen molar-refractivity contribution in [2.75, 3.05) is 0 Å². The standard InChI is InChI=1S/C12H10INO5S/c13-8-1-4-10(5-2-8)20(17,18)14-7-9-3-6-11(19-9)12(15)16/h1-6,14H,7H2,(H,15,16). The second kappa shape index (κ2) is 5.94. The third-order valence-electron chi connectivity index (χ3n) is 2.43. The van der Waals surface area contributed by atoms with Crippen LogP contribution >= 0.6 is 22.6 Å². The molecule has 106 valence electrons. The van der Waals surface area contributed by atoms with Crippen LogP contribution in [0, 0.1) is 3.57 Å². The van der Waals surface area contributed by atoms with Gasteiger partial charge in [0, 0.05) is 3.57 Å². The summed E-state index contributed by atoms with van der Waals surface area (Å²) in [6.45, 7) is -0.110. The van der Waals surface area contributed by atoms with Crippen molar-refractivity contribution in [1.29, 1.82) is 0 Å². The Labute approximate surface area is 129 Å². The zero-order valence-corrected chi connectivity index (χ0v) is 13.0. The molecule has 0 bridgehead atoms. The summed E-state index contributed by atoms with van der Waals surface area (Å²) in [5.74, 6) is -1.19. The van der Waals surface area contributed by atoms with E-state index in [1.165, 1.54) is 24.3 Å². The number of carboxylic acid groups (broad SMARTS) is 1. The second-order valence-corrected chi connectivity index (χ2v) is 6.86. The number of sulfonamides is 1. The predicted molar refractivity (Wildman–Crippen MR) is 78.9 cm³/mol. The smallest absolute Gasteiger partial charge is 0.371 e. The number of hydrogen-bond donors (Lipinski definition) is 2. The summed E-state index contributed by atoms with van der Waals surface area (Å²) in [5.41, 5.74) is 0. The number of hydrogen-bond acceptors (Lipinski definition) is 4. The lowest BCUT2D eigenvalue weighted by molar-refractivity contribution is 0.0660. The van der Waals surface area contributed by atoms with Crippen LogP contribution in [-0.2, 0) is 16.6 Å². The van der Waals surface area contributed by atoms with Crippen molar-refractivity contribution in [2.24, 2.45) is 0 Å². The van der Waals surface area contributed by atoms with Gasteiger partial charge in [-0.2, -0.15) is 0 Å². The summed E-state index contributed by atoms with van der Waals surface area (Å²) in [5, 5.41) is 8.70. The fourth-order valence-electron chi connectivity index (χ4n) is 1.45. The first-order valence-electron chi connectivity index (χ1n) is 5.46. The van der Waals surface area contributed by atoms with Crippen molar-refractivity contribution < 1.29 is 22.7 Å². The second-order valence-electron chi connectivity index (χ2n) is 3.85. The normalized spacial score (nSPS) is 11.4. The van der Waals surface area contributed by atoms with Crippen LogP contribution in [0.15, 0.2) is 45.7 Å². The fourth-order valence-corrected chi connectivity index (χ4v) is 2.80. The summed E-state index contributed by atoms with van der Waals surface area (Å²) in [7, 11) is -3.65. The van der Waals surface area contributed by atoms with E-state index < -0.39 is 16.0 Å².